The lowest BCUT2D eigenvalue weighted by atomic mass is 10.1. The molecule has 0 saturated carbocycles. The number of aromatic nitrogens is 3. The van der Waals surface area contributed by atoms with E-state index in [0.29, 0.717) is 5.69 Å². The Balaban J connectivity index is 2.34. The van der Waals surface area contributed by atoms with Crippen molar-refractivity contribution >= 4 is 5.97 Å². The molecule has 1 aromatic heterocycles. The van der Waals surface area contributed by atoms with E-state index in [0.717, 1.165) is 38.0 Å². The van der Waals surface area contributed by atoms with Crippen molar-refractivity contribution in [2.75, 3.05) is 13.7 Å². The molecular formula is C11H18N4O2. The minimum Gasteiger partial charge on any atom is -0.464 e. The van der Waals surface area contributed by atoms with Crippen LogP contribution in [0.25, 0.3) is 0 Å². The molecule has 2 heterocycles. The fraction of sp³-hybridized carbons (Fsp3) is 0.727. The van der Waals surface area contributed by atoms with Crippen LogP contribution in [0.15, 0.2) is 0 Å². The fourth-order valence-electron chi connectivity index (χ4n) is 2.20. The molecular weight excluding hydrogens is 220 g/mol. The molecule has 1 saturated heterocycles. The van der Waals surface area contributed by atoms with Gasteiger partial charge in [-0.25, -0.2) is 9.48 Å². The summed E-state index contributed by atoms with van der Waals surface area (Å²) in [4.78, 5) is 11.6. The maximum absolute atomic E-state index is 11.6. The summed E-state index contributed by atoms with van der Waals surface area (Å²) in [6, 6.07) is 0.172. The van der Waals surface area contributed by atoms with Crippen LogP contribution < -0.4 is 5.32 Å². The second-order valence-electron chi connectivity index (χ2n) is 4.19. The van der Waals surface area contributed by atoms with E-state index < -0.39 is 5.97 Å². The highest BCUT2D eigenvalue weighted by atomic mass is 16.5. The van der Waals surface area contributed by atoms with Gasteiger partial charge in [0.1, 0.15) is 0 Å². The molecule has 17 heavy (non-hydrogen) atoms. The number of carbonyl (C=O) groups excluding carboxylic acids is 1. The van der Waals surface area contributed by atoms with Crippen LogP contribution in [0.5, 0.6) is 0 Å². The van der Waals surface area contributed by atoms with Gasteiger partial charge in [0.05, 0.1) is 18.8 Å². The molecule has 6 heteroatoms. The van der Waals surface area contributed by atoms with Gasteiger partial charge in [0.15, 0.2) is 5.69 Å². The highest BCUT2D eigenvalue weighted by Gasteiger charge is 2.28. The second kappa shape index (κ2) is 5.27. The lowest BCUT2D eigenvalue weighted by molar-refractivity contribution is 0.0591. The summed E-state index contributed by atoms with van der Waals surface area (Å²) in [5.41, 5.74) is 1.22. The highest BCUT2D eigenvalue weighted by Crippen LogP contribution is 2.25. The Hall–Kier alpha value is -1.43. The van der Waals surface area contributed by atoms with Crippen LogP contribution >= 0.6 is 0 Å². The third-order valence-electron chi connectivity index (χ3n) is 2.98. The van der Waals surface area contributed by atoms with Gasteiger partial charge in [-0.1, -0.05) is 12.1 Å². The topological polar surface area (TPSA) is 69.0 Å². The highest BCUT2D eigenvalue weighted by molar-refractivity contribution is 5.88. The first-order valence-corrected chi connectivity index (χ1v) is 6.03. The van der Waals surface area contributed by atoms with E-state index in [2.05, 4.69) is 22.6 Å². The summed E-state index contributed by atoms with van der Waals surface area (Å²) in [6.45, 7) is 3.82. The first-order chi connectivity index (χ1) is 8.27. The standard InChI is InChI=1S/C11H18N4O2/c1-3-7-15-10(8-5-4-6-12-8)9(13-14-15)11(16)17-2/h8,12H,3-7H2,1-2H3. The molecule has 0 radical (unpaired) electrons. The predicted molar refractivity (Wildman–Crippen MR) is 61.6 cm³/mol. The van der Waals surface area contributed by atoms with Gasteiger partial charge in [-0.3, -0.25) is 0 Å². The van der Waals surface area contributed by atoms with Crippen molar-refractivity contribution in [3.63, 3.8) is 0 Å². The molecule has 0 spiro atoms. The number of nitrogens with one attached hydrogen (secondary N) is 1. The number of nitrogens with zero attached hydrogens (tertiary/aromatic N) is 3. The largest absolute Gasteiger partial charge is 0.464 e. The van der Waals surface area contributed by atoms with Gasteiger partial charge in [0, 0.05) is 6.54 Å². The van der Waals surface area contributed by atoms with Crippen LogP contribution in [0.3, 0.4) is 0 Å². The Kier molecular flexibility index (Phi) is 3.73. The van der Waals surface area contributed by atoms with Crippen LogP contribution in [0.4, 0.5) is 0 Å². The smallest absolute Gasteiger partial charge is 0.360 e. The molecule has 1 aromatic rings. The van der Waals surface area contributed by atoms with E-state index in [4.69, 9.17) is 4.74 Å². The minimum absolute atomic E-state index is 0.172. The maximum Gasteiger partial charge on any atom is 0.360 e. The second-order valence-corrected chi connectivity index (χ2v) is 4.19. The molecule has 1 unspecified atom stereocenters. The van der Waals surface area contributed by atoms with Gasteiger partial charge < -0.3 is 10.1 Å². The van der Waals surface area contributed by atoms with Gasteiger partial charge in [-0.05, 0) is 25.8 Å². The summed E-state index contributed by atoms with van der Waals surface area (Å²) in [5, 5.41) is 11.4. The van der Waals surface area contributed by atoms with E-state index in [1.54, 1.807) is 0 Å². The SMILES string of the molecule is CCCn1nnc(C(=O)OC)c1C1CCCN1. The average Bonchev–Trinajstić information content (AvgIpc) is 2.96. The Labute approximate surface area is 100 Å². The number of esters is 1. The fourth-order valence-corrected chi connectivity index (χ4v) is 2.20. The third kappa shape index (κ3) is 2.31. The van der Waals surface area contributed by atoms with Crippen molar-refractivity contribution in [1.29, 1.82) is 0 Å². The van der Waals surface area contributed by atoms with Crippen molar-refractivity contribution in [2.45, 2.75) is 38.8 Å². The number of methoxy groups -OCH3 is 1. The zero-order valence-corrected chi connectivity index (χ0v) is 10.3. The quantitative estimate of drug-likeness (QED) is 0.789. The van der Waals surface area contributed by atoms with Gasteiger partial charge in [-0.15, -0.1) is 5.10 Å². The summed E-state index contributed by atoms with van der Waals surface area (Å²) in [6.07, 6.45) is 3.09. The van der Waals surface area contributed by atoms with Crippen molar-refractivity contribution in [3.8, 4) is 0 Å². The molecule has 94 valence electrons. The molecule has 1 aliphatic heterocycles. The Bertz CT molecular complexity index is 396. The molecule has 0 aliphatic carbocycles. The lowest BCUT2D eigenvalue weighted by Gasteiger charge is -2.13. The van der Waals surface area contributed by atoms with Crippen LogP contribution in [-0.4, -0.2) is 34.6 Å². The van der Waals surface area contributed by atoms with Gasteiger partial charge in [0.2, 0.25) is 0 Å². The zero-order chi connectivity index (χ0) is 12.3. The molecule has 1 aliphatic rings. The molecule has 1 N–H and O–H groups in total. The number of hydrogen-bond acceptors (Lipinski definition) is 5. The molecule has 0 amide bonds. The Morgan fingerprint density at radius 3 is 3.06 bits per heavy atom. The summed E-state index contributed by atoms with van der Waals surface area (Å²) in [5.74, 6) is -0.406. The van der Waals surface area contributed by atoms with E-state index in [-0.39, 0.29) is 6.04 Å². The first kappa shape index (κ1) is 12.0. The first-order valence-electron chi connectivity index (χ1n) is 6.03. The summed E-state index contributed by atoms with van der Waals surface area (Å²) < 4.78 is 6.56. The van der Waals surface area contributed by atoms with Crippen molar-refractivity contribution in [2.24, 2.45) is 0 Å². The van der Waals surface area contributed by atoms with Gasteiger partial charge >= 0.3 is 5.97 Å². The molecule has 0 bridgehead atoms. The van der Waals surface area contributed by atoms with Crippen LogP contribution in [0.1, 0.15) is 48.4 Å². The van der Waals surface area contributed by atoms with E-state index in [9.17, 15) is 4.79 Å². The summed E-state index contributed by atoms with van der Waals surface area (Å²) >= 11 is 0. The third-order valence-corrected chi connectivity index (χ3v) is 2.98. The molecule has 1 atom stereocenters. The number of hydrogen-bond donors (Lipinski definition) is 1. The Morgan fingerprint density at radius 2 is 2.47 bits per heavy atom. The van der Waals surface area contributed by atoms with E-state index >= 15 is 0 Å². The molecule has 0 aromatic carbocycles. The molecule has 1 fully saturated rings. The van der Waals surface area contributed by atoms with E-state index in [1.165, 1.54) is 7.11 Å². The van der Waals surface area contributed by atoms with Crippen LogP contribution in [-0.2, 0) is 11.3 Å². The van der Waals surface area contributed by atoms with E-state index in [1.807, 2.05) is 4.68 Å². The minimum atomic E-state index is -0.406. The average molecular weight is 238 g/mol. The van der Waals surface area contributed by atoms with Crippen molar-refractivity contribution in [1.82, 2.24) is 20.3 Å². The number of carbonyl (C=O) groups is 1. The number of ether oxygens (including phenoxy) is 1. The normalized spacial score (nSPS) is 19.5. The number of aryl methyl sites for hydroxylation is 1. The van der Waals surface area contributed by atoms with Crippen LogP contribution in [0.2, 0.25) is 0 Å². The monoisotopic (exact) mass is 238 g/mol. The number of rotatable bonds is 4. The predicted octanol–water partition coefficient (Wildman–Crippen LogP) is 0.899. The van der Waals surface area contributed by atoms with Crippen LogP contribution in [0, 0.1) is 0 Å². The maximum atomic E-state index is 11.6. The summed E-state index contributed by atoms with van der Waals surface area (Å²) in [7, 11) is 1.37. The van der Waals surface area contributed by atoms with Gasteiger partial charge in [-0.2, -0.15) is 0 Å². The molecule has 6 nitrogen and oxygen atoms in total. The zero-order valence-electron chi connectivity index (χ0n) is 10.3. The lowest BCUT2D eigenvalue weighted by Crippen LogP contribution is -2.20. The molecule has 2 rings (SSSR count). The van der Waals surface area contributed by atoms with Crippen molar-refractivity contribution in [3.05, 3.63) is 11.4 Å². The van der Waals surface area contributed by atoms with Crippen molar-refractivity contribution < 1.29 is 9.53 Å². The van der Waals surface area contributed by atoms with Gasteiger partial charge in [0.25, 0.3) is 0 Å². The Morgan fingerprint density at radius 1 is 1.65 bits per heavy atom.